The highest BCUT2D eigenvalue weighted by atomic mass is 19.4. The molecule has 2 heterocycles. The van der Waals surface area contributed by atoms with Gasteiger partial charge >= 0.3 is 6.18 Å². The zero-order valence-electron chi connectivity index (χ0n) is 13.0. The first-order chi connectivity index (χ1) is 11.4. The van der Waals surface area contributed by atoms with Gasteiger partial charge in [-0.3, -0.25) is 4.79 Å². The number of carbonyl (C=O) groups is 1. The second-order valence-electron chi connectivity index (χ2n) is 6.01. The fraction of sp³-hybridized carbons (Fsp3) is 0.412. The third kappa shape index (κ3) is 3.77. The van der Waals surface area contributed by atoms with E-state index in [9.17, 15) is 18.0 Å². The number of nitrogens with zero attached hydrogens (tertiary/aromatic N) is 3. The Bertz CT molecular complexity index is 680. The molecule has 1 atom stereocenters. The molecule has 1 aliphatic heterocycles. The van der Waals surface area contributed by atoms with E-state index in [0.717, 1.165) is 11.3 Å². The molecule has 4 nitrogen and oxygen atoms in total. The summed E-state index contributed by atoms with van der Waals surface area (Å²) in [5.74, 6) is -1.66. The molecular weight excluding hydrogens is 319 g/mol. The molecule has 0 radical (unpaired) electrons. The zero-order chi connectivity index (χ0) is 17.2. The molecule has 3 rings (SSSR count). The Kier molecular flexibility index (Phi) is 4.59. The summed E-state index contributed by atoms with van der Waals surface area (Å²) >= 11 is 0. The van der Waals surface area contributed by atoms with Gasteiger partial charge < -0.3 is 4.90 Å². The lowest BCUT2D eigenvalue weighted by Gasteiger charge is -2.33. The Morgan fingerprint density at radius 3 is 2.62 bits per heavy atom. The first-order valence-corrected chi connectivity index (χ1v) is 7.87. The highest BCUT2D eigenvalue weighted by Crippen LogP contribution is 2.33. The average molecular weight is 337 g/mol. The number of benzene rings is 1. The molecule has 0 N–H and O–H groups in total. The molecule has 1 saturated heterocycles. The second kappa shape index (κ2) is 6.67. The van der Waals surface area contributed by atoms with Gasteiger partial charge in [0.15, 0.2) is 0 Å². The first-order valence-electron chi connectivity index (χ1n) is 7.87. The minimum atomic E-state index is -4.23. The number of carbonyl (C=O) groups excluding carboxylic acids is 1. The molecule has 0 unspecified atom stereocenters. The van der Waals surface area contributed by atoms with Crippen LogP contribution in [0.1, 0.15) is 18.4 Å². The average Bonchev–Trinajstić information content (AvgIpc) is 3.09. The highest BCUT2D eigenvalue weighted by molar-refractivity contribution is 5.79. The van der Waals surface area contributed by atoms with E-state index in [1.54, 1.807) is 23.0 Å². The molecular formula is C17H18F3N3O. The lowest BCUT2D eigenvalue weighted by Crippen LogP contribution is -2.45. The van der Waals surface area contributed by atoms with Crippen LogP contribution >= 0.6 is 0 Å². The molecule has 0 bridgehead atoms. The van der Waals surface area contributed by atoms with E-state index in [4.69, 9.17) is 0 Å². The number of rotatable bonds is 3. The Hall–Kier alpha value is -2.31. The van der Waals surface area contributed by atoms with Crippen LogP contribution in [0.5, 0.6) is 0 Å². The Labute approximate surface area is 137 Å². The van der Waals surface area contributed by atoms with Gasteiger partial charge in [-0.1, -0.05) is 12.1 Å². The summed E-state index contributed by atoms with van der Waals surface area (Å²) in [5.41, 5.74) is 1.65. The van der Waals surface area contributed by atoms with E-state index in [-0.39, 0.29) is 25.3 Å². The lowest BCUT2D eigenvalue weighted by atomic mass is 9.97. The van der Waals surface area contributed by atoms with Gasteiger partial charge in [-0.25, -0.2) is 4.68 Å². The summed E-state index contributed by atoms with van der Waals surface area (Å²) in [6, 6.07) is 9.10. The van der Waals surface area contributed by atoms with Gasteiger partial charge in [-0.05, 0) is 36.6 Å². The Morgan fingerprint density at radius 1 is 1.25 bits per heavy atom. The van der Waals surface area contributed by atoms with E-state index in [2.05, 4.69) is 5.10 Å². The molecule has 1 amide bonds. The van der Waals surface area contributed by atoms with E-state index in [1.165, 1.54) is 4.90 Å². The Morgan fingerprint density at radius 2 is 2.00 bits per heavy atom. The smallest absolute Gasteiger partial charge is 0.342 e. The van der Waals surface area contributed by atoms with Gasteiger partial charge in [0.1, 0.15) is 0 Å². The maximum atomic E-state index is 12.8. The van der Waals surface area contributed by atoms with Gasteiger partial charge in [0.25, 0.3) is 0 Å². The molecule has 7 heteroatoms. The number of hydrogen-bond acceptors (Lipinski definition) is 2. The van der Waals surface area contributed by atoms with Crippen LogP contribution < -0.4 is 0 Å². The van der Waals surface area contributed by atoms with Crippen molar-refractivity contribution in [3.8, 4) is 5.69 Å². The number of piperidine rings is 1. The van der Waals surface area contributed by atoms with E-state index in [1.807, 2.05) is 24.4 Å². The van der Waals surface area contributed by atoms with E-state index < -0.39 is 12.1 Å². The lowest BCUT2D eigenvalue weighted by molar-refractivity contribution is -0.187. The number of halogens is 3. The van der Waals surface area contributed by atoms with Crippen LogP contribution in [0, 0.1) is 5.92 Å². The van der Waals surface area contributed by atoms with Gasteiger partial charge in [0, 0.05) is 25.5 Å². The molecule has 0 aliphatic carbocycles. The van der Waals surface area contributed by atoms with Crippen molar-refractivity contribution < 1.29 is 18.0 Å². The highest BCUT2D eigenvalue weighted by Gasteiger charge is 2.42. The molecule has 128 valence electrons. The molecule has 0 spiro atoms. The van der Waals surface area contributed by atoms with Crippen LogP contribution in [-0.2, 0) is 11.2 Å². The van der Waals surface area contributed by atoms with Crippen molar-refractivity contribution in [1.82, 2.24) is 14.7 Å². The molecule has 2 aromatic rings. The number of alkyl halides is 3. The quantitative estimate of drug-likeness (QED) is 0.862. The molecule has 1 aromatic heterocycles. The van der Waals surface area contributed by atoms with Crippen LogP contribution in [0.15, 0.2) is 42.7 Å². The molecule has 24 heavy (non-hydrogen) atoms. The summed E-state index contributed by atoms with van der Waals surface area (Å²) in [6.45, 7) is 0.171. The monoisotopic (exact) mass is 337 g/mol. The van der Waals surface area contributed by atoms with Gasteiger partial charge in [-0.15, -0.1) is 0 Å². The molecule has 1 aliphatic rings. The van der Waals surface area contributed by atoms with Crippen molar-refractivity contribution in [2.24, 2.45) is 5.92 Å². The maximum absolute atomic E-state index is 12.8. The van der Waals surface area contributed by atoms with Crippen LogP contribution in [0.3, 0.4) is 0 Å². The topological polar surface area (TPSA) is 38.1 Å². The van der Waals surface area contributed by atoms with Crippen molar-refractivity contribution in [1.29, 1.82) is 0 Å². The van der Waals surface area contributed by atoms with Crippen molar-refractivity contribution in [3.63, 3.8) is 0 Å². The van der Waals surface area contributed by atoms with Crippen molar-refractivity contribution >= 4 is 5.91 Å². The molecule has 1 fully saturated rings. The van der Waals surface area contributed by atoms with Gasteiger partial charge in [0.2, 0.25) is 5.91 Å². The predicted octanol–water partition coefficient (Wildman–Crippen LogP) is 3.22. The van der Waals surface area contributed by atoms with Crippen LogP contribution in [-0.4, -0.2) is 39.9 Å². The third-order valence-corrected chi connectivity index (χ3v) is 4.30. The number of hydrogen-bond donors (Lipinski definition) is 0. The van der Waals surface area contributed by atoms with E-state index in [0.29, 0.717) is 13.0 Å². The van der Waals surface area contributed by atoms with Crippen LogP contribution in [0.4, 0.5) is 13.2 Å². The summed E-state index contributed by atoms with van der Waals surface area (Å²) < 4.78 is 40.2. The Balaban J connectivity index is 1.62. The van der Waals surface area contributed by atoms with Gasteiger partial charge in [-0.2, -0.15) is 18.3 Å². The fourth-order valence-electron chi connectivity index (χ4n) is 2.95. The summed E-state index contributed by atoms with van der Waals surface area (Å²) in [7, 11) is 0. The second-order valence-corrected chi connectivity index (χ2v) is 6.01. The minimum Gasteiger partial charge on any atom is -0.342 e. The number of amides is 1. The van der Waals surface area contributed by atoms with Crippen LogP contribution in [0.25, 0.3) is 5.69 Å². The minimum absolute atomic E-state index is 0.103. The third-order valence-electron chi connectivity index (χ3n) is 4.30. The van der Waals surface area contributed by atoms with Gasteiger partial charge in [0.05, 0.1) is 18.0 Å². The summed E-state index contributed by atoms with van der Waals surface area (Å²) in [4.78, 5) is 13.6. The van der Waals surface area contributed by atoms with Crippen molar-refractivity contribution in [3.05, 3.63) is 48.3 Å². The van der Waals surface area contributed by atoms with Crippen LogP contribution in [0.2, 0.25) is 0 Å². The number of aromatic nitrogens is 2. The molecule has 0 saturated carbocycles. The normalized spacial score (nSPS) is 18.6. The standard InChI is InChI=1S/C17H18F3N3O/c18-17(19,20)14-3-1-9-22(12-14)16(24)11-13-4-6-15(7-5-13)23-10-2-8-21-23/h2,4-8,10,14H,1,3,9,11-12H2/t14-/m1/s1. The predicted molar refractivity (Wildman–Crippen MR) is 82.6 cm³/mol. The number of likely N-dealkylation sites (tertiary alicyclic amines) is 1. The first kappa shape index (κ1) is 16.5. The zero-order valence-corrected chi connectivity index (χ0v) is 13.0. The summed E-state index contributed by atoms with van der Waals surface area (Å²) in [5, 5.41) is 4.12. The maximum Gasteiger partial charge on any atom is 0.393 e. The van der Waals surface area contributed by atoms with E-state index >= 15 is 0 Å². The molecule has 1 aromatic carbocycles. The van der Waals surface area contributed by atoms with Crippen molar-refractivity contribution in [2.75, 3.05) is 13.1 Å². The van der Waals surface area contributed by atoms with Crippen molar-refractivity contribution in [2.45, 2.75) is 25.4 Å². The SMILES string of the molecule is O=C(Cc1ccc(-n2cccn2)cc1)N1CCC[C@@H](C(F)(F)F)C1. The fourth-order valence-corrected chi connectivity index (χ4v) is 2.95. The largest absolute Gasteiger partial charge is 0.393 e. The summed E-state index contributed by atoms with van der Waals surface area (Å²) in [6.07, 6.45) is -0.135.